The van der Waals surface area contributed by atoms with Crippen LogP contribution in [0.1, 0.15) is 36.2 Å². The molecule has 3 heterocycles. The number of nitrogens with zero attached hydrogens (tertiary/aromatic N) is 3. The highest BCUT2D eigenvalue weighted by molar-refractivity contribution is 5.76. The van der Waals surface area contributed by atoms with E-state index < -0.39 is 0 Å². The Hall–Kier alpha value is -2.47. The monoisotopic (exact) mass is 310 g/mol. The molecule has 0 aliphatic carbocycles. The fourth-order valence-electron chi connectivity index (χ4n) is 2.88. The van der Waals surface area contributed by atoms with Gasteiger partial charge in [-0.15, -0.1) is 0 Å². The maximum Gasteiger partial charge on any atom is 0.243 e. The van der Waals surface area contributed by atoms with Crippen molar-refractivity contribution in [1.82, 2.24) is 19.9 Å². The van der Waals surface area contributed by atoms with E-state index >= 15 is 0 Å². The van der Waals surface area contributed by atoms with E-state index in [2.05, 4.69) is 32.1 Å². The van der Waals surface area contributed by atoms with Crippen LogP contribution in [0.5, 0.6) is 5.88 Å². The standard InChI is InChI=1S/C17H18N4O2/c1-22-17-14-16(21-15(20-14)12-8-5-9-23-12)18-13(19-17)10-11-6-3-2-4-7-11/h2-4,6-7,12H,5,8-10H2,1H3,(H,18,19,20,21). The van der Waals surface area contributed by atoms with Crippen LogP contribution in [0.4, 0.5) is 0 Å². The number of H-pyrrole nitrogens is 1. The molecule has 0 saturated carbocycles. The molecule has 118 valence electrons. The lowest BCUT2D eigenvalue weighted by Gasteiger charge is -2.04. The van der Waals surface area contributed by atoms with E-state index in [4.69, 9.17) is 9.47 Å². The number of imidazole rings is 1. The molecule has 1 N–H and O–H groups in total. The van der Waals surface area contributed by atoms with Gasteiger partial charge in [-0.25, -0.2) is 9.97 Å². The van der Waals surface area contributed by atoms with Gasteiger partial charge >= 0.3 is 0 Å². The normalized spacial score (nSPS) is 17.7. The van der Waals surface area contributed by atoms with E-state index in [1.54, 1.807) is 7.11 Å². The van der Waals surface area contributed by atoms with Gasteiger partial charge in [-0.2, -0.15) is 4.98 Å². The number of hydrogen-bond donors (Lipinski definition) is 1. The van der Waals surface area contributed by atoms with Crippen molar-refractivity contribution >= 4 is 11.2 Å². The molecule has 4 rings (SSSR count). The number of methoxy groups -OCH3 is 1. The zero-order chi connectivity index (χ0) is 15.6. The van der Waals surface area contributed by atoms with Crippen LogP contribution in [0, 0.1) is 0 Å². The zero-order valence-electron chi connectivity index (χ0n) is 13.0. The highest BCUT2D eigenvalue weighted by atomic mass is 16.5. The number of rotatable bonds is 4. The molecule has 6 nitrogen and oxygen atoms in total. The number of nitrogens with one attached hydrogen (secondary N) is 1. The second-order valence-corrected chi connectivity index (χ2v) is 5.63. The summed E-state index contributed by atoms with van der Waals surface area (Å²) in [4.78, 5) is 16.9. The molecule has 1 atom stereocenters. The maximum absolute atomic E-state index is 5.69. The van der Waals surface area contributed by atoms with Crippen molar-refractivity contribution in [3.8, 4) is 5.88 Å². The first-order valence-electron chi connectivity index (χ1n) is 7.79. The van der Waals surface area contributed by atoms with Gasteiger partial charge in [-0.05, 0) is 18.4 Å². The van der Waals surface area contributed by atoms with E-state index in [1.165, 1.54) is 0 Å². The van der Waals surface area contributed by atoms with Gasteiger partial charge < -0.3 is 14.5 Å². The van der Waals surface area contributed by atoms with Crippen LogP contribution in [0.3, 0.4) is 0 Å². The second-order valence-electron chi connectivity index (χ2n) is 5.63. The highest BCUT2D eigenvalue weighted by Gasteiger charge is 2.23. The minimum atomic E-state index is 0.0199. The lowest BCUT2D eigenvalue weighted by molar-refractivity contribution is 0.106. The molecule has 1 aliphatic rings. The van der Waals surface area contributed by atoms with Gasteiger partial charge in [0.25, 0.3) is 0 Å². The van der Waals surface area contributed by atoms with Gasteiger partial charge in [0.2, 0.25) is 5.88 Å². The minimum absolute atomic E-state index is 0.0199. The van der Waals surface area contributed by atoms with Crippen LogP contribution < -0.4 is 4.74 Å². The smallest absolute Gasteiger partial charge is 0.243 e. The van der Waals surface area contributed by atoms with Crippen LogP contribution in [0.25, 0.3) is 11.2 Å². The summed E-state index contributed by atoms with van der Waals surface area (Å²) in [7, 11) is 1.61. The van der Waals surface area contributed by atoms with E-state index in [0.717, 1.165) is 36.4 Å². The SMILES string of the molecule is COc1nc(Cc2ccccc2)nc2nc(C3CCCO3)[nH]c12. The summed E-state index contributed by atoms with van der Waals surface area (Å²) in [6, 6.07) is 10.1. The topological polar surface area (TPSA) is 72.9 Å². The molecule has 3 aromatic rings. The summed E-state index contributed by atoms with van der Waals surface area (Å²) in [5.74, 6) is 2.03. The number of aromatic amines is 1. The third-order valence-corrected chi connectivity index (χ3v) is 4.02. The molecule has 23 heavy (non-hydrogen) atoms. The molecule has 1 unspecified atom stereocenters. The summed E-state index contributed by atoms with van der Waals surface area (Å²) in [6.45, 7) is 0.782. The molecule has 1 fully saturated rings. The molecule has 6 heteroatoms. The average molecular weight is 310 g/mol. The molecular weight excluding hydrogens is 292 g/mol. The van der Waals surface area contributed by atoms with Crippen LogP contribution >= 0.6 is 0 Å². The number of fused-ring (bicyclic) bond motifs is 1. The van der Waals surface area contributed by atoms with Gasteiger partial charge in [0.1, 0.15) is 23.3 Å². The van der Waals surface area contributed by atoms with Crippen LogP contribution in [0.2, 0.25) is 0 Å². The van der Waals surface area contributed by atoms with Crippen molar-refractivity contribution in [2.45, 2.75) is 25.4 Å². The number of hydrogen-bond acceptors (Lipinski definition) is 5. The second kappa shape index (κ2) is 5.96. The first kappa shape index (κ1) is 14.1. The molecule has 0 radical (unpaired) electrons. The summed E-state index contributed by atoms with van der Waals surface area (Å²) in [6.07, 6.45) is 2.71. The Morgan fingerprint density at radius 3 is 2.83 bits per heavy atom. The van der Waals surface area contributed by atoms with Crippen molar-refractivity contribution in [1.29, 1.82) is 0 Å². The molecule has 0 bridgehead atoms. The first-order chi connectivity index (χ1) is 11.3. The Labute approximate surface area is 133 Å². The van der Waals surface area contributed by atoms with E-state index in [9.17, 15) is 0 Å². The van der Waals surface area contributed by atoms with Crippen molar-refractivity contribution < 1.29 is 9.47 Å². The summed E-state index contributed by atoms with van der Waals surface area (Å²) >= 11 is 0. The lowest BCUT2D eigenvalue weighted by atomic mass is 10.1. The van der Waals surface area contributed by atoms with Crippen molar-refractivity contribution in [3.05, 3.63) is 47.5 Å². The fourth-order valence-corrected chi connectivity index (χ4v) is 2.88. The largest absolute Gasteiger partial charge is 0.479 e. The Kier molecular flexibility index (Phi) is 3.67. The average Bonchev–Trinajstić information content (AvgIpc) is 3.24. The minimum Gasteiger partial charge on any atom is -0.479 e. The molecule has 0 amide bonds. The Bertz CT molecular complexity index is 810. The highest BCUT2D eigenvalue weighted by Crippen LogP contribution is 2.29. The molecule has 2 aromatic heterocycles. The molecular formula is C17H18N4O2. The molecule has 0 spiro atoms. The van der Waals surface area contributed by atoms with E-state index in [1.807, 2.05) is 18.2 Å². The number of benzene rings is 1. The van der Waals surface area contributed by atoms with Crippen LogP contribution in [-0.4, -0.2) is 33.7 Å². The first-order valence-corrected chi connectivity index (χ1v) is 7.79. The third-order valence-electron chi connectivity index (χ3n) is 4.02. The summed E-state index contributed by atoms with van der Waals surface area (Å²) in [5, 5.41) is 0. The van der Waals surface area contributed by atoms with Gasteiger partial charge in [0, 0.05) is 13.0 Å². The number of ether oxygens (including phenoxy) is 2. The molecule has 1 saturated heterocycles. The van der Waals surface area contributed by atoms with Crippen LogP contribution in [-0.2, 0) is 11.2 Å². The maximum atomic E-state index is 5.69. The van der Waals surface area contributed by atoms with Gasteiger partial charge in [0.05, 0.1) is 7.11 Å². The predicted molar refractivity (Wildman–Crippen MR) is 85.4 cm³/mol. The quantitative estimate of drug-likeness (QED) is 0.802. The third kappa shape index (κ3) is 2.77. The van der Waals surface area contributed by atoms with Crippen molar-refractivity contribution in [2.75, 3.05) is 13.7 Å². The summed E-state index contributed by atoms with van der Waals surface area (Å²) in [5.41, 5.74) is 2.52. The summed E-state index contributed by atoms with van der Waals surface area (Å²) < 4.78 is 11.1. The number of aromatic nitrogens is 4. The Morgan fingerprint density at radius 2 is 2.09 bits per heavy atom. The van der Waals surface area contributed by atoms with E-state index in [-0.39, 0.29) is 6.10 Å². The Balaban J connectivity index is 1.72. The van der Waals surface area contributed by atoms with Gasteiger partial charge in [-0.1, -0.05) is 30.3 Å². The zero-order valence-corrected chi connectivity index (χ0v) is 13.0. The van der Waals surface area contributed by atoms with E-state index in [0.29, 0.717) is 23.8 Å². The van der Waals surface area contributed by atoms with Crippen molar-refractivity contribution in [2.24, 2.45) is 0 Å². The molecule has 1 aromatic carbocycles. The Morgan fingerprint density at radius 1 is 1.22 bits per heavy atom. The molecule has 1 aliphatic heterocycles. The van der Waals surface area contributed by atoms with Gasteiger partial charge in [0.15, 0.2) is 5.65 Å². The van der Waals surface area contributed by atoms with Crippen LogP contribution in [0.15, 0.2) is 30.3 Å². The lowest BCUT2D eigenvalue weighted by Crippen LogP contribution is -2.00. The fraction of sp³-hybridized carbons (Fsp3) is 0.353. The van der Waals surface area contributed by atoms with Crippen molar-refractivity contribution in [3.63, 3.8) is 0 Å². The van der Waals surface area contributed by atoms with Gasteiger partial charge in [-0.3, -0.25) is 0 Å². The predicted octanol–water partition coefficient (Wildman–Crippen LogP) is 2.80.